The molecule has 1 aromatic heterocycles. The number of ether oxygens (including phenoxy) is 1. The molecule has 35 heavy (non-hydrogen) atoms. The van der Waals surface area contributed by atoms with Crippen molar-refractivity contribution in [1.82, 2.24) is 0 Å². The van der Waals surface area contributed by atoms with Crippen LogP contribution in [0, 0.1) is 17.8 Å². The zero-order valence-electron chi connectivity index (χ0n) is 21.6. The summed E-state index contributed by atoms with van der Waals surface area (Å²) in [6, 6.07) is 8.99. The average molecular weight is 482 g/mol. The molecule has 2 N–H and O–H groups in total. The minimum Gasteiger partial charge on any atom is -0.507 e. The van der Waals surface area contributed by atoms with Crippen molar-refractivity contribution in [3.63, 3.8) is 0 Å². The first-order valence-corrected chi connectivity index (χ1v) is 13.0. The number of hydrogen-bond acceptors (Lipinski definition) is 5. The lowest BCUT2D eigenvalue weighted by Crippen LogP contribution is -2.27. The number of nitrogens with one attached hydrogen (secondary N) is 1. The number of rotatable bonds is 6. The second-order valence-corrected chi connectivity index (χ2v) is 11.6. The topological polar surface area (TPSA) is 88.8 Å². The van der Waals surface area contributed by atoms with Crippen molar-refractivity contribution in [2.45, 2.75) is 90.6 Å². The maximum Gasteiger partial charge on any atom is 0.412 e. The van der Waals surface area contributed by atoms with E-state index in [1.54, 1.807) is 12.1 Å². The van der Waals surface area contributed by atoms with Crippen molar-refractivity contribution < 1.29 is 19.1 Å². The Morgan fingerprint density at radius 2 is 1.71 bits per heavy atom. The van der Waals surface area contributed by atoms with E-state index >= 15 is 0 Å². The molecule has 3 fully saturated rings. The third-order valence-corrected chi connectivity index (χ3v) is 6.92. The SMILES string of the molecule is CC(c1cc(O)c(C(c2cccc(NC(=O)OC(C)(C)C)c2)C2CC2)c(=O)o1)C1CC1.CC1CC1. The Hall–Kier alpha value is -2.76. The first-order chi connectivity index (χ1) is 16.5. The molecule has 2 atom stereocenters. The van der Waals surface area contributed by atoms with Gasteiger partial charge in [0, 0.05) is 23.6 Å². The van der Waals surface area contributed by atoms with Gasteiger partial charge in [-0.2, -0.15) is 0 Å². The Kier molecular flexibility index (Phi) is 7.30. The minimum absolute atomic E-state index is 0.00107. The largest absolute Gasteiger partial charge is 0.507 e. The number of anilines is 1. The Labute approximate surface area is 208 Å². The van der Waals surface area contributed by atoms with Gasteiger partial charge in [0.25, 0.3) is 0 Å². The highest BCUT2D eigenvalue weighted by Gasteiger charge is 2.38. The fourth-order valence-electron chi connectivity index (χ4n) is 4.35. The molecule has 1 heterocycles. The van der Waals surface area contributed by atoms with Crippen LogP contribution in [0.4, 0.5) is 10.5 Å². The molecule has 2 unspecified atom stereocenters. The van der Waals surface area contributed by atoms with Crippen LogP contribution in [0.3, 0.4) is 0 Å². The van der Waals surface area contributed by atoms with Gasteiger partial charge in [0.1, 0.15) is 17.1 Å². The van der Waals surface area contributed by atoms with E-state index in [2.05, 4.69) is 12.2 Å². The normalized spacial score (nSPS) is 19.2. The Morgan fingerprint density at radius 3 is 2.23 bits per heavy atom. The molecular formula is C29H39NO5. The predicted octanol–water partition coefficient (Wildman–Crippen LogP) is 7.16. The quantitative estimate of drug-likeness (QED) is 0.457. The van der Waals surface area contributed by atoms with Crippen LogP contribution < -0.4 is 10.9 Å². The zero-order valence-corrected chi connectivity index (χ0v) is 21.6. The van der Waals surface area contributed by atoms with Crippen LogP contribution in [0.5, 0.6) is 5.75 Å². The first-order valence-electron chi connectivity index (χ1n) is 13.0. The van der Waals surface area contributed by atoms with Crippen LogP contribution in [0.15, 0.2) is 39.5 Å². The molecule has 1 aromatic carbocycles. The number of carbonyl (C=O) groups is 1. The fraction of sp³-hybridized carbons (Fsp3) is 0.586. The van der Waals surface area contributed by atoms with Gasteiger partial charge in [-0.15, -0.1) is 0 Å². The molecule has 0 spiro atoms. The summed E-state index contributed by atoms with van der Waals surface area (Å²) in [7, 11) is 0. The molecule has 0 bridgehead atoms. The summed E-state index contributed by atoms with van der Waals surface area (Å²) in [4.78, 5) is 25.1. The summed E-state index contributed by atoms with van der Waals surface area (Å²) in [6.07, 6.45) is 6.67. The van der Waals surface area contributed by atoms with E-state index in [9.17, 15) is 14.7 Å². The van der Waals surface area contributed by atoms with Gasteiger partial charge in [0.15, 0.2) is 0 Å². The van der Waals surface area contributed by atoms with Gasteiger partial charge < -0.3 is 14.3 Å². The summed E-state index contributed by atoms with van der Waals surface area (Å²) in [5.74, 6) is 2.29. The lowest BCUT2D eigenvalue weighted by molar-refractivity contribution is 0.0636. The predicted molar refractivity (Wildman–Crippen MR) is 137 cm³/mol. The number of carbonyl (C=O) groups excluding carboxylic acids is 1. The average Bonchev–Trinajstić information content (AvgIpc) is 3.59. The zero-order chi connectivity index (χ0) is 25.3. The Balaban J connectivity index is 0.000000656. The Bertz CT molecular complexity index is 1100. The van der Waals surface area contributed by atoms with E-state index in [4.69, 9.17) is 9.15 Å². The lowest BCUT2D eigenvalue weighted by atomic mass is 9.87. The summed E-state index contributed by atoms with van der Waals surface area (Å²) in [6.45, 7) is 9.74. The number of amides is 1. The first kappa shape index (κ1) is 25.3. The minimum atomic E-state index is -0.595. The lowest BCUT2D eigenvalue weighted by Gasteiger charge is -2.21. The standard InChI is InChI=1S/C25H31NO5.C4H8/c1-14(15-8-9-15)20-13-19(27)22(23(28)30-20)21(16-10-11-16)17-6-5-7-18(12-17)26-24(29)31-25(2,3)4;1-4-2-3-4/h5-7,12-16,21,27H,8-11H2,1-4H3,(H,26,29);4H,2-3H2,1H3. The highest BCUT2D eigenvalue weighted by Crippen LogP contribution is 2.49. The third kappa shape index (κ3) is 7.12. The maximum absolute atomic E-state index is 13.0. The molecule has 6 nitrogen and oxygen atoms in total. The van der Waals surface area contributed by atoms with Crippen LogP contribution in [-0.2, 0) is 4.74 Å². The molecule has 3 aliphatic carbocycles. The molecule has 0 aliphatic heterocycles. The number of hydrogen-bond donors (Lipinski definition) is 2. The molecule has 190 valence electrons. The van der Waals surface area contributed by atoms with Crippen molar-refractivity contribution in [2.24, 2.45) is 17.8 Å². The van der Waals surface area contributed by atoms with Gasteiger partial charge in [-0.3, -0.25) is 5.32 Å². The van der Waals surface area contributed by atoms with E-state index in [1.165, 1.54) is 12.8 Å². The van der Waals surface area contributed by atoms with E-state index in [1.807, 2.05) is 45.9 Å². The Morgan fingerprint density at radius 1 is 1.09 bits per heavy atom. The third-order valence-electron chi connectivity index (χ3n) is 6.92. The van der Waals surface area contributed by atoms with Gasteiger partial charge in [0.05, 0.1) is 5.56 Å². The second kappa shape index (κ2) is 10.1. The van der Waals surface area contributed by atoms with Crippen LogP contribution in [0.1, 0.15) is 102 Å². The molecule has 6 heteroatoms. The van der Waals surface area contributed by atoms with Crippen molar-refractivity contribution in [2.75, 3.05) is 5.32 Å². The molecule has 3 saturated carbocycles. The molecule has 0 saturated heterocycles. The van der Waals surface area contributed by atoms with E-state index < -0.39 is 17.3 Å². The van der Waals surface area contributed by atoms with Crippen molar-refractivity contribution in [3.8, 4) is 5.75 Å². The fourth-order valence-corrected chi connectivity index (χ4v) is 4.35. The summed E-state index contributed by atoms with van der Waals surface area (Å²) < 4.78 is 11.0. The van der Waals surface area contributed by atoms with Crippen molar-refractivity contribution in [1.29, 1.82) is 0 Å². The van der Waals surface area contributed by atoms with Crippen molar-refractivity contribution in [3.05, 3.63) is 57.6 Å². The van der Waals surface area contributed by atoms with Crippen LogP contribution in [0.2, 0.25) is 0 Å². The number of benzene rings is 1. The molecular weight excluding hydrogens is 442 g/mol. The summed E-state index contributed by atoms with van der Waals surface area (Å²) in [5, 5.41) is 13.6. The molecule has 2 aromatic rings. The van der Waals surface area contributed by atoms with Gasteiger partial charge in [-0.05, 0) is 81.9 Å². The summed E-state index contributed by atoms with van der Waals surface area (Å²) >= 11 is 0. The van der Waals surface area contributed by atoms with Crippen LogP contribution >= 0.6 is 0 Å². The van der Waals surface area contributed by atoms with Crippen molar-refractivity contribution >= 4 is 11.8 Å². The van der Waals surface area contributed by atoms with E-state index in [0.29, 0.717) is 22.9 Å². The second-order valence-electron chi connectivity index (χ2n) is 11.6. The van der Waals surface area contributed by atoms with Crippen LogP contribution in [0.25, 0.3) is 0 Å². The highest BCUT2D eigenvalue weighted by molar-refractivity contribution is 5.85. The molecule has 3 aliphatic rings. The van der Waals surface area contributed by atoms with E-state index in [0.717, 1.165) is 37.2 Å². The van der Waals surface area contributed by atoms with Gasteiger partial charge in [-0.1, -0.05) is 38.8 Å². The van der Waals surface area contributed by atoms with Crippen LogP contribution in [-0.4, -0.2) is 16.8 Å². The highest BCUT2D eigenvalue weighted by atomic mass is 16.6. The van der Waals surface area contributed by atoms with Gasteiger partial charge >= 0.3 is 11.7 Å². The molecule has 0 radical (unpaired) electrons. The molecule has 5 rings (SSSR count). The summed E-state index contributed by atoms with van der Waals surface area (Å²) in [5.41, 5.74) is 0.693. The van der Waals surface area contributed by atoms with Gasteiger partial charge in [0.2, 0.25) is 0 Å². The van der Waals surface area contributed by atoms with E-state index in [-0.39, 0.29) is 23.5 Å². The smallest absolute Gasteiger partial charge is 0.412 e. The monoisotopic (exact) mass is 481 g/mol. The van der Waals surface area contributed by atoms with Gasteiger partial charge in [-0.25, -0.2) is 9.59 Å². The maximum atomic E-state index is 13.0. The molecule has 1 amide bonds. The number of aromatic hydroxyl groups is 1.